The Morgan fingerprint density at radius 3 is 2.52 bits per heavy atom. The number of benzene rings is 3. The van der Waals surface area contributed by atoms with Crippen molar-refractivity contribution in [3.05, 3.63) is 99.6 Å². The molecule has 1 atom stereocenters. The van der Waals surface area contributed by atoms with E-state index in [9.17, 15) is 20.0 Å². The van der Waals surface area contributed by atoms with Crippen LogP contribution < -0.4 is 5.32 Å². The van der Waals surface area contributed by atoms with Gasteiger partial charge in [-0.2, -0.15) is 0 Å². The summed E-state index contributed by atoms with van der Waals surface area (Å²) in [5.41, 5.74) is 2.47. The highest BCUT2D eigenvalue weighted by molar-refractivity contribution is 6.01. The lowest BCUT2D eigenvalue weighted by Gasteiger charge is -2.38. The van der Waals surface area contributed by atoms with E-state index in [1.807, 2.05) is 42.5 Å². The van der Waals surface area contributed by atoms with Crippen LogP contribution in [0, 0.1) is 10.1 Å². The molecule has 4 rings (SSSR count). The molecule has 0 unspecified atom stereocenters. The number of phenols is 1. The Morgan fingerprint density at radius 2 is 1.76 bits per heavy atom. The molecule has 0 aromatic heterocycles. The van der Waals surface area contributed by atoms with Crippen molar-refractivity contribution in [1.29, 1.82) is 0 Å². The minimum Gasteiger partial charge on any atom is -0.502 e. The summed E-state index contributed by atoms with van der Waals surface area (Å²) >= 11 is 0. The van der Waals surface area contributed by atoms with Crippen LogP contribution in [0.15, 0.2) is 72.8 Å². The summed E-state index contributed by atoms with van der Waals surface area (Å²) in [7, 11) is 0. The lowest BCUT2D eigenvalue weighted by molar-refractivity contribution is -0.385. The van der Waals surface area contributed by atoms with Gasteiger partial charge in [-0.25, -0.2) is 0 Å². The number of nitrogens with zero attached hydrogens (tertiary/aromatic N) is 2. The Hall–Kier alpha value is -3.87. The average molecular weight is 389 g/mol. The number of aromatic hydroxyl groups is 1. The molecule has 0 bridgehead atoms. The Bertz CT molecular complexity index is 1070. The molecule has 3 aromatic carbocycles. The minimum atomic E-state index is -0.633. The van der Waals surface area contributed by atoms with Gasteiger partial charge in [0.2, 0.25) is 0 Å². The van der Waals surface area contributed by atoms with Gasteiger partial charge in [0.15, 0.2) is 5.75 Å². The normalized spacial score (nSPS) is 15.5. The Kier molecular flexibility index (Phi) is 4.87. The number of carbonyl (C=O) groups excluding carboxylic acids is 1. The van der Waals surface area contributed by atoms with Crippen molar-refractivity contribution in [2.24, 2.45) is 0 Å². The van der Waals surface area contributed by atoms with Gasteiger partial charge in [0.25, 0.3) is 5.91 Å². The molecule has 7 nitrogen and oxygen atoms in total. The fourth-order valence-electron chi connectivity index (χ4n) is 3.54. The first-order chi connectivity index (χ1) is 14.0. The second kappa shape index (κ2) is 7.63. The van der Waals surface area contributed by atoms with Crippen molar-refractivity contribution >= 4 is 17.3 Å². The zero-order chi connectivity index (χ0) is 20.4. The van der Waals surface area contributed by atoms with Crippen LogP contribution in [0.3, 0.4) is 0 Å². The third-order valence-electron chi connectivity index (χ3n) is 5.02. The van der Waals surface area contributed by atoms with E-state index < -0.39 is 22.5 Å². The molecule has 0 saturated heterocycles. The summed E-state index contributed by atoms with van der Waals surface area (Å²) in [4.78, 5) is 25.5. The van der Waals surface area contributed by atoms with Crippen molar-refractivity contribution in [2.45, 2.75) is 12.6 Å². The zero-order valence-corrected chi connectivity index (χ0v) is 15.5. The molecular formula is C22H19N3O4. The zero-order valence-electron chi connectivity index (χ0n) is 15.5. The number of nitrogens with one attached hydrogen (secondary N) is 1. The van der Waals surface area contributed by atoms with E-state index in [1.165, 1.54) is 12.1 Å². The van der Waals surface area contributed by atoms with E-state index in [1.54, 1.807) is 23.1 Å². The van der Waals surface area contributed by atoms with E-state index >= 15 is 0 Å². The van der Waals surface area contributed by atoms with Crippen molar-refractivity contribution < 1.29 is 14.8 Å². The second-order valence-corrected chi connectivity index (χ2v) is 6.83. The SMILES string of the molecule is O=C1c2ccccc2N[C@H](c2ccc(O)c([N+](=O)[O-])c2)N1CCc1ccccc1. The molecular weight excluding hydrogens is 370 g/mol. The molecule has 1 aliphatic rings. The standard InChI is InChI=1S/C22H19N3O4/c26-20-11-10-16(14-19(20)25(28)29)21-23-18-9-5-4-8-17(18)22(27)24(21)13-12-15-6-2-1-3-7-15/h1-11,14,21,23,26H,12-13H2/t21-/m0/s1. The molecule has 146 valence electrons. The number of hydrogen-bond donors (Lipinski definition) is 2. The fourth-order valence-corrected chi connectivity index (χ4v) is 3.54. The summed E-state index contributed by atoms with van der Waals surface area (Å²) in [5.74, 6) is -0.548. The maximum atomic E-state index is 13.2. The number of nitro groups is 1. The van der Waals surface area contributed by atoms with Gasteiger partial charge in [-0.15, -0.1) is 0 Å². The van der Waals surface area contributed by atoms with Crippen molar-refractivity contribution in [3.8, 4) is 5.75 Å². The molecule has 29 heavy (non-hydrogen) atoms. The van der Waals surface area contributed by atoms with E-state index in [-0.39, 0.29) is 5.91 Å². The molecule has 2 N–H and O–H groups in total. The van der Waals surface area contributed by atoms with E-state index in [4.69, 9.17) is 0 Å². The Morgan fingerprint density at radius 1 is 1.03 bits per heavy atom. The molecule has 0 saturated carbocycles. The van der Waals surface area contributed by atoms with Crippen LogP contribution in [0.25, 0.3) is 0 Å². The minimum absolute atomic E-state index is 0.143. The van der Waals surface area contributed by atoms with Crippen LogP contribution in [0.1, 0.15) is 27.7 Å². The van der Waals surface area contributed by atoms with Gasteiger partial charge < -0.3 is 15.3 Å². The average Bonchev–Trinajstić information content (AvgIpc) is 2.74. The maximum Gasteiger partial charge on any atom is 0.311 e. The fraction of sp³-hybridized carbons (Fsp3) is 0.136. The molecule has 0 spiro atoms. The molecule has 1 amide bonds. The number of phenolic OH excluding ortho intramolecular Hbond substituents is 1. The molecule has 0 fully saturated rings. The number of anilines is 1. The highest BCUT2D eigenvalue weighted by Crippen LogP contribution is 2.36. The van der Waals surface area contributed by atoms with Gasteiger partial charge in [0.05, 0.1) is 10.5 Å². The van der Waals surface area contributed by atoms with Gasteiger partial charge in [-0.05, 0) is 30.2 Å². The predicted molar refractivity (Wildman–Crippen MR) is 109 cm³/mol. The van der Waals surface area contributed by atoms with Crippen molar-refractivity contribution in [1.82, 2.24) is 4.90 Å². The molecule has 7 heteroatoms. The Labute approximate surface area is 167 Å². The van der Waals surface area contributed by atoms with Crippen molar-refractivity contribution in [2.75, 3.05) is 11.9 Å². The number of para-hydroxylation sites is 1. The summed E-state index contributed by atoms with van der Waals surface area (Å²) < 4.78 is 0. The third kappa shape index (κ3) is 3.62. The first kappa shape index (κ1) is 18.5. The van der Waals surface area contributed by atoms with Gasteiger partial charge >= 0.3 is 5.69 Å². The van der Waals surface area contributed by atoms with E-state index in [0.717, 1.165) is 5.56 Å². The quantitative estimate of drug-likeness (QED) is 0.506. The number of amides is 1. The summed E-state index contributed by atoms with van der Waals surface area (Å²) in [6.07, 6.45) is 0.0630. The van der Waals surface area contributed by atoms with Crippen LogP contribution in [0.4, 0.5) is 11.4 Å². The number of nitro benzene ring substituents is 1. The van der Waals surface area contributed by atoms with Gasteiger partial charge in [-0.3, -0.25) is 14.9 Å². The number of hydrogen-bond acceptors (Lipinski definition) is 5. The van der Waals surface area contributed by atoms with Crippen LogP contribution in [0.5, 0.6) is 5.75 Å². The first-order valence-corrected chi connectivity index (χ1v) is 9.22. The number of fused-ring (bicyclic) bond motifs is 1. The van der Waals surface area contributed by atoms with Crippen LogP contribution >= 0.6 is 0 Å². The van der Waals surface area contributed by atoms with Crippen LogP contribution in [-0.4, -0.2) is 27.4 Å². The first-order valence-electron chi connectivity index (χ1n) is 9.22. The second-order valence-electron chi connectivity index (χ2n) is 6.83. The molecule has 1 heterocycles. The number of rotatable bonds is 5. The largest absolute Gasteiger partial charge is 0.502 e. The smallest absolute Gasteiger partial charge is 0.311 e. The molecule has 3 aromatic rings. The molecule has 0 radical (unpaired) electrons. The van der Waals surface area contributed by atoms with Gasteiger partial charge in [0, 0.05) is 23.9 Å². The topological polar surface area (TPSA) is 95.7 Å². The summed E-state index contributed by atoms with van der Waals surface area (Å²) in [5, 5.41) is 24.4. The number of carbonyl (C=O) groups is 1. The summed E-state index contributed by atoms with van der Waals surface area (Å²) in [6, 6.07) is 21.2. The summed E-state index contributed by atoms with van der Waals surface area (Å²) in [6.45, 7) is 0.434. The highest BCUT2D eigenvalue weighted by Gasteiger charge is 2.33. The Balaban J connectivity index is 1.71. The lowest BCUT2D eigenvalue weighted by Crippen LogP contribution is -2.44. The lowest BCUT2D eigenvalue weighted by atomic mass is 10.0. The highest BCUT2D eigenvalue weighted by atomic mass is 16.6. The van der Waals surface area contributed by atoms with Gasteiger partial charge in [-0.1, -0.05) is 48.5 Å². The molecule has 0 aliphatic carbocycles. The van der Waals surface area contributed by atoms with Gasteiger partial charge in [0.1, 0.15) is 6.17 Å². The van der Waals surface area contributed by atoms with Crippen LogP contribution in [-0.2, 0) is 6.42 Å². The maximum absolute atomic E-state index is 13.2. The van der Waals surface area contributed by atoms with E-state index in [0.29, 0.717) is 29.8 Å². The monoisotopic (exact) mass is 389 g/mol. The van der Waals surface area contributed by atoms with E-state index in [2.05, 4.69) is 5.32 Å². The predicted octanol–water partition coefficient (Wildman–Crippen LogP) is 4.11. The van der Waals surface area contributed by atoms with Crippen LogP contribution in [0.2, 0.25) is 0 Å². The third-order valence-corrected chi connectivity index (χ3v) is 5.02. The molecule has 1 aliphatic heterocycles. The van der Waals surface area contributed by atoms with Crippen molar-refractivity contribution in [3.63, 3.8) is 0 Å².